The molecule has 1 aliphatic rings. The van der Waals surface area contributed by atoms with Crippen LogP contribution in [0.1, 0.15) is 9.67 Å². The average molecular weight is 421 g/mol. The van der Waals surface area contributed by atoms with E-state index in [0.717, 1.165) is 26.9 Å². The summed E-state index contributed by atoms with van der Waals surface area (Å²) in [5.41, 5.74) is 1.44. The lowest BCUT2D eigenvalue weighted by Gasteiger charge is -2.36. The molecule has 1 fully saturated rings. The van der Waals surface area contributed by atoms with E-state index < -0.39 is 0 Å². The van der Waals surface area contributed by atoms with Crippen molar-refractivity contribution in [3.05, 3.63) is 65.3 Å². The summed E-state index contributed by atoms with van der Waals surface area (Å²) < 4.78 is 19.3. The number of piperazine rings is 1. The highest BCUT2D eigenvalue weighted by atomic mass is 32.1. The lowest BCUT2D eigenvalue weighted by molar-refractivity contribution is 0.0751. The summed E-state index contributed by atoms with van der Waals surface area (Å²) in [5, 5.41) is 1.98. The number of nitrogens with zero attached hydrogens (tertiary/aromatic N) is 3. The Morgan fingerprint density at radius 1 is 1.03 bits per heavy atom. The highest BCUT2D eigenvalue weighted by Gasteiger charge is 2.25. The number of benzene rings is 2. The third-order valence-electron chi connectivity index (χ3n) is 5.48. The second kappa shape index (κ2) is 7.57. The molecule has 0 bridgehead atoms. The Kier molecular flexibility index (Phi) is 4.75. The lowest BCUT2D eigenvalue weighted by atomic mass is 10.2. The van der Waals surface area contributed by atoms with E-state index in [0.29, 0.717) is 36.7 Å². The molecule has 1 saturated heterocycles. The van der Waals surface area contributed by atoms with Crippen molar-refractivity contribution < 1.29 is 13.9 Å². The first-order chi connectivity index (χ1) is 14.6. The highest BCUT2D eigenvalue weighted by Crippen LogP contribution is 2.30. The van der Waals surface area contributed by atoms with E-state index >= 15 is 0 Å². The number of aromatic nitrogens is 1. The molecular weight excluding hydrogens is 401 g/mol. The van der Waals surface area contributed by atoms with Gasteiger partial charge in [-0.05, 0) is 36.4 Å². The van der Waals surface area contributed by atoms with Crippen LogP contribution in [0, 0.1) is 5.82 Å². The summed E-state index contributed by atoms with van der Waals surface area (Å²) in [6.45, 7) is 2.35. The normalized spacial score (nSPS) is 14.5. The molecule has 0 atom stereocenters. The van der Waals surface area contributed by atoms with Crippen molar-refractivity contribution in [3.8, 4) is 5.75 Å². The fourth-order valence-electron chi connectivity index (χ4n) is 3.85. The maximum Gasteiger partial charge on any atom is 0.264 e. The van der Waals surface area contributed by atoms with Gasteiger partial charge in [-0.1, -0.05) is 12.1 Å². The van der Waals surface area contributed by atoms with Crippen LogP contribution in [0.4, 0.5) is 10.1 Å². The lowest BCUT2D eigenvalue weighted by Crippen LogP contribution is -2.48. The number of carbonyl (C=O) groups excluding carboxylic acids is 1. The maximum absolute atomic E-state index is 14.0. The van der Waals surface area contributed by atoms with Gasteiger partial charge in [0.25, 0.3) is 5.91 Å². The Morgan fingerprint density at radius 2 is 1.83 bits per heavy atom. The van der Waals surface area contributed by atoms with Gasteiger partial charge in [-0.2, -0.15) is 0 Å². The molecule has 0 radical (unpaired) electrons. The van der Waals surface area contributed by atoms with Gasteiger partial charge >= 0.3 is 0 Å². The zero-order valence-electron chi connectivity index (χ0n) is 16.5. The Morgan fingerprint density at radius 3 is 2.60 bits per heavy atom. The molecule has 2 aromatic heterocycles. The van der Waals surface area contributed by atoms with E-state index in [1.54, 1.807) is 19.2 Å². The van der Waals surface area contributed by atoms with Crippen LogP contribution in [0.25, 0.3) is 21.1 Å². The number of carbonyl (C=O) groups is 1. The Bertz CT molecular complexity index is 1250. The summed E-state index contributed by atoms with van der Waals surface area (Å²) in [6, 6.07) is 16.5. The van der Waals surface area contributed by atoms with Crippen LogP contribution in [-0.2, 0) is 0 Å². The molecule has 152 valence electrons. The molecule has 4 aromatic rings. The number of halogens is 1. The topological polar surface area (TPSA) is 45.7 Å². The number of rotatable bonds is 3. The van der Waals surface area contributed by atoms with Crippen molar-refractivity contribution in [2.75, 3.05) is 38.2 Å². The van der Waals surface area contributed by atoms with Gasteiger partial charge in [-0.25, -0.2) is 9.37 Å². The number of amides is 1. The fourth-order valence-corrected chi connectivity index (χ4v) is 4.84. The number of ether oxygens (including phenoxy) is 1. The molecule has 2 aromatic carbocycles. The molecule has 0 aliphatic carbocycles. The minimum absolute atomic E-state index is 0.00724. The van der Waals surface area contributed by atoms with Crippen molar-refractivity contribution in [1.29, 1.82) is 0 Å². The molecule has 30 heavy (non-hydrogen) atoms. The molecule has 0 spiro atoms. The van der Waals surface area contributed by atoms with Gasteiger partial charge in [0.15, 0.2) is 0 Å². The summed E-state index contributed by atoms with van der Waals surface area (Å²) in [5.74, 6) is 0.541. The second-order valence-corrected chi connectivity index (χ2v) is 8.31. The standard InChI is InChI=1S/C23H20FN3O2S/c1-29-17-7-6-15-12-16-13-21(30-22(16)25-19(15)14-17)23(28)27-10-8-26(9-11-27)20-5-3-2-4-18(20)24/h2-7,12-14H,8-11H2,1H3. The van der Waals surface area contributed by atoms with E-state index in [1.807, 2.05) is 40.1 Å². The number of para-hydroxylation sites is 1. The van der Waals surface area contributed by atoms with Crippen LogP contribution >= 0.6 is 11.3 Å². The van der Waals surface area contributed by atoms with Gasteiger partial charge in [0.05, 0.1) is 23.2 Å². The minimum atomic E-state index is -0.225. The molecule has 5 nitrogen and oxygen atoms in total. The van der Waals surface area contributed by atoms with Gasteiger partial charge in [0.2, 0.25) is 0 Å². The van der Waals surface area contributed by atoms with Crippen LogP contribution < -0.4 is 9.64 Å². The molecule has 0 N–H and O–H groups in total. The number of thiophene rings is 1. The predicted octanol–water partition coefficient (Wildman–Crippen LogP) is 4.56. The highest BCUT2D eigenvalue weighted by molar-refractivity contribution is 7.20. The third kappa shape index (κ3) is 3.35. The van der Waals surface area contributed by atoms with Crippen LogP contribution in [0.3, 0.4) is 0 Å². The Labute approximate surface area is 177 Å². The smallest absolute Gasteiger partial charge is 0.264 e. The number of fused-ring (bicyclic) bond motifs is 2. The van der Waals surface area contributed by atoms with Gasteiger partial charge in [-0.3, -0.25) is 4.79 Å². The summed E-state index contributed by atoms with van der Waals surface area (Å²) in [4.78, 5) is 23.1. The van der Waals surface area contributed by atoms with E-state index in [2.05, 4.69) is 6.07 Å². The summed E-state index contributed by atoms with van der Waals surface area (Å²) in [6.07, 6.45) is 0. The Balaban J connectivity index is 1.36. The van der Waals surface area contributed by atoms with Gasteiger partial charge in [0.1, 0.15) is 16.4 Å². The predicted molar refractivity (Wildman–Crippen MR) is 118 cm³/mol. The Hall–Kier alpha value is -3.19. The minimum Gasteiger partial charge on any atom is -0.497 e. The van der Waals surface area contributed by atoms with Gasteiger partial charge < -0.3 is 14.5 Å². The molecule has 1 amide bonds. The third-order valence-corrected chi connectivity index (χ3v) is 6.51. The SMILES string of the molecule is COc1ccc2cc3cc(C(=O)N4CCN(c5ccccc5F)CC4)sc3nc2c1. The van der Waals surface area contributed by atoms with Gasteiger partial charge in [-0.15, -0.1) is 11.3 Å². The van der Waals surface area contributed by atoms with Crippen LogP contribution in [0.2, 0.25) is 0 Å². The van der Waals surface area contributed by atoms with Crippen molar-refractivity contribution in [2.24, 2.45) is 0 Å². The number of pyridine rings is 1. The van der Waals surface area contributed by atoms with E-state index in [4.69, 9.17) is 9.72 Å². The van der Waals surface area contributed by atoms with Crippen molar-refractivity contribution in [3.63, 3.8) is 0 Å². The van der Waals surface area contributed by atoms with E-state index in [9.17, 15) is 9.18 Å². The van der Waals surface area contributed by atoms with Crippen molar-refractivity contribution >= 4 is 44.1 Å². The number of hydrogen-bond acceptors (Lipinski definition) is 5. The quantitative estimate of drug-likeness (QED) is 0.487. The van der Waals surface area contributed by atoms with Crippen LogP contribution in [0.15, 0.2) is 54.6 Å². The largest absolute Gasteiger partial charge is 0.497 e. The number of anilines is 1. The average Bonchev–Trinajstić information content (AvgIpc) is 3.20. The van der Waals surface area contributed by atoms with Crippen LogP contribution in [-0.4, -0.2) is 49.1 Å². The summed E-state index contributed by atoms with van der Waals surface area (Å²) >= 11 is 1.41. The zero-order valence-corrected chi connectivity index (χ0v) is 17.3. The van der Waals surface area contributed by atoms with Crippen molar-refractivity contribution in [1.82, 2.24) is 9.88 Å². The van der Waals surface area contributed by atoms with Crippen LogP contribution in [0.5, 0.6) is 5.75 Å². The fraction of sp³-hybridized carbons (Fsp3) is 0.217. The first kappa shape index (κ1) is 18.8. The first-order valence-electron chi connectivity index (χ1n) is 9.79. The molecule has 0 saturated carbocycles. The second-order valence-electron chi connectivity index (χ2n) is 7.28. The zero-order chi connectivity index (χ0) is 20.7. The molecular formula is C23H20FN3O2S. The van der Waals surface area contributed by atoms with Gasteiger partial charge in [0, 0.05) is 43.0 Å². The molecule has 5 rings (SSSR count). The monoisotopic (exact) mass is 421 g/mol. The molecule has 0 unspecified atom stereocenters. The molecule has 3 heterocycles. The molecule has 7 heteroatoms. The number of hydrogen-bond donors (Lipinski definition) is 0. The molecule has 1 aliphatic heterocycles. The maximum atomic E-state index is 14.0. The number of methoxy groups -OCH3 is 1. The summed E-state index contributed by atoms with van der Waals surface area (Å²) in [7, 11) is 1.63. The van der Waals surface area contributed by atoms with Crippen molar-refractivity contribution in [2.45, 2.75) is 0 Å². The van der Waals surface area contributed by atoms with E-state index in [1.165, 1.54) is 17.4 Å². The van der Waals surface area contributed by atoms with E-state index in [-0.39, 0.29) is 11.7 Å². The first-order valence-corrected chi connectivity index (χ1v) is 10.6.